The van der Waals surface area contributed by atoms with Crippen molar-refractivity contribution in [1.82, 2.24) is 0 Å². The summed E-state index contributed by atoms with van der Waals surface area (Å²) in [4.78, 5) is 10.6. The van der Waals surface area contributed by atoms with Gasteiger partial charge < -0.3 is 4.74 Å². The monoisotopic (exact) mass is 256 g/mol. The zero-order valence-electron chi connectivity index (χ0n) is 11.4. The van der Waals surface area contributed by atoms with E-state index in [9.17, 15) is 10.1 Å². The van der Waals surface area contributed by atoms with E-state index >= 15 is 0 Å². The van der Waals surface area contributed by atoms with Gasteiger partial charge in [0.25, 0.3) is 0 Å². The summed E-state index contributed by atoms with van der Waals surface area (Å²) in [5.41, 5.74) is 0.711. The predicted octanol–water partition coefficient (Wildman–Crippen LogP) is 2.40. The molecule has 1 aliphatic carbocycles. The fourth-order valence-electron chi connectivity index (χ4n) is 1.66. The summed E-state index contributed by atoms with van der Waals surface area (Å²) in [6.07, 6.45) is 4.20. The third-order valence-corrected chi connectivity index (χ3v) is 2.65. The number of rotatable bonds is 2. The summed E-state index contributed by atoms with van der Waals surface area (Å²) < 4.78 is 13.3. The molecule has 96 valence electrons. The van der Waals surface area contributed by atoms with Crippen molar-refractivity contribution in [1.29, 1.82) is 0 Å². The first-order valence-corrected chi connectivity index (χ1v) is 5.72. The van der Waals surface area contributed by atoms with Crippen LogP contribution in [0.25, 0.3) is 0 Å². The standard InChI is InChI=1S/C15H13NO3/c1-19-14-9-10-15(16(17)18)13(11-14)8-7-12-5-3-2-4-6-12/h2-6,9-11,13,15H,1H3/i13D. The lowest BCUT2D eigenvalue weighted by molar-refractivity contribution is -0.513. The fraction of sp³-hybridized carbons (Fsp3) is 0.200. The van der Waals surface area contributed by atoms with E-state index in [1.54, 1.807) is 12.1 Å². The summed E-state index contributed by atoms with van der Waals surface area (Å²) in [7, 11) is 1.45. The second-order valence-electron chi connectivity index (χ2n) is 3.91. The van der Waals surface area contributed by atoms with Crippen LogP contribution in [0.5, 0.6) is 0 Å². The number of nitrogens with zero attached hydrogens (tertiary/aromatic N) is 1. The van der Waals surface area contributed by atoms with Crippen molar-refractivity contribution < 1.29 is 11.0 Å². The minimum Gasteiger partial charge on any atom is -0.497 e. The molecular weight excluding hydrogens is 242 g/mol. The van der Waals surface area contributed by atoms with Gasteiger partial charge in [-0.15, -0.1) is 0 Å². The van der Waals surface area contributed by atoms with Crippen LogP contribution in [0.1, 0.15) is 6.93 Å². The number of hydrogen-bond acceptors (Lipinski definition) is 3. The summed E-state index contributed by atoms with van der Waals surface area (Å²) in [6, 6.07) is 7.87. The van der Waals surface area contributed by atoms with Gasteiger partial charge in [-0.1, -0.05) is 30.0 Å². The van der Waals surface area contributed by atoms with Crippen LogP contribution < -0.4 is 0 Å². The topological polar surface area (TPSA) is 52.4 Å². The highest BCUT2D eigenvalue weighted by molar-refractivity contribution is 5.37. The van der Waals surface area contributed by atoms with Crippen LogP contribution in [0.2, 0.25) is 0 Å². The van der Waals surface area contributed by atoms with Gasteiger partial charge in [-0.3, -0.25) is 10.1 Å². The molecular formula is C15H13NO3. The van der Waals surface area contributed by atoms with Crippen LogP contribution in [0, 0.1) is 27.8 Å². The van der Waals surface area contributed by atoms with Gasteiger partial charge in [0.2, 0.25) is 6.04 Å². The van der Waals surface area contributed by atoms with E-state index in [0.717, 1.165) is 0 Å². The van der Waals surface area contributed by atoms with Crippen molar-refractivity contribution in [3.63, 3.8) is 0 Å². The molecule has 0 spiro atoms. The van der Waals surface area contributed by atoms with E-state index in [4.69, 9.17) is 6.11 Å². The van der Waals surface area contributed by atoms with E-state index in [-0.39, 0.29) is 0 Å². The maximum absolute atomic E-state index is 11.1. The van der Waals surface area contributed by atoms with E-state index in [2.05, 4.69) is 11.8 Å². The lowest BCUT2D eigenvalue weighted by Crippen LogP contribution is -2.27. The predicted molar refractivity (Wildman–Crippen MR) is 71.8 cm³/mol. The number of benzene rings is 1. The Morgan fingerprint density at radius 1 is 1.42 bits per heavy atom. The lowest BCUT2D eigenvalue weighted by atomic mass is 9.95. The number of methoxy groups -OCH3 is 1. The Morgan fingerprint density at radius 2 is 2.16 bits per heavy atom. The highest BCUT2D eigenvalue weighted by atomic mass is 16.6. The molecule has 1 aromatic rings. The lowest BCUT2D eigenvalue weighted by Gasteiger charge is -2.15. The van der Waals surface area contributed by atoms with E-state index in [1.165, 1.54) is 25.3 Å². The van der Waals surface area contributed by atoms with E-state index in [0.29, 0.717) is 11.3 Å². The molecule has 2 unspecified atom stereocenters. The highest BCUT2D eigenvalue weighted by Gasteiger charge is 2.29. The first kappa shape index (κ1) is 11.5. The Bertz CT molecular complexity index is 628. The Kier molecular flexibility index (Phi) is 3.57. The van der Waals surface area contributed by atoms with Crippen LogP contribution in [0.4, 0.5) is 0 Å². The van der Waals surface area contributed by atoms with Gasteiger partial charge >= 0.3 is 0 Å². The van der Waals surface area contributed by atoms with Crippen LogP contribution in [-0.2, 0) is 4.74 Å². The van der Waals surface area contributed by atoms with Crippen molar-refractivity contribution in [3.8, 4) is 11.8 Å². The molecule has 4 heteroatoms. The zero-order valence-corrected chi connectivity index (χ0v) is 10.4. The third kappa shape index (κ3) is 3.23. The number of nitro groups is 1. The minimum absolute atomic E-state index is 0.403. The van der Waals surface area contributed by atoms with Crippen molar-refractivity contribution in [2.75, 3.05) is 7.11 Å². The van der Waals surface area contributed by atoms with Crippen molar-refractivity contribution >= 4 is 0 Å². The molecule has 0 N–H and O–H groups in total. The quantitative estimate of drug-likeness (QED) is 0.464. The normalized spacial score (nSPS) is 25.6. The van der Waals surface area contributed by atoms with Crippen molar-refractivity contribution in [3.05, 3.63) is 70.0 Å². The molecule has 0 radical (unpaired) electrons. The maximum atomic E-state index is 11.1. The SMILES string of the molecule is [2H]C1(C#Cc2ccccc2)C=C(OC)C=CC1[N+](=O)[O-]. The molecule has 0 fully saturated rings. The molecule has 1 aromatic carbocycles. The minimum atomic E-state index is -1.64. The fourth-order valence-corrected chi connectivity index (χ4v) is 1.66. The molecule has 2 rings (SSSR count). The van der Waals surface area contributed by atoms with Gasteiger partial charge in [-0.05, 0) is 30.4 Å². The summed E-state index contributed by atoms with van der Waals surface area (Å²) >= 11 is 0. The first-order valence-electron chi connectivity index (χ1n) is 6.22. The molecule has 2 atom stereocenters. The molecule has 0 amide bonds. The number of allylic oxidation sites excluding steroid dienone is 1. The van der Waals surface area contributed by atoms with Gasteiger partial charge in [0.05, 0.1) is 8.48 Å². The van der Waals surface area contributed by atoms with Gasteiger partial charge in [0.1, 0.15) is 11.7 Å². The Balaban J connectivity index is 2.39. The van der Waals surface area contributed by atoms with Crippen molar-refractivity contribution in [2.24, 2.45) is 5.89 Å². The van der Waals surface area contributed by atoms with Crippen LogP contribution in [0.3, 0.4) is 0 Å². The number of hydrogen-bond donors (Lipinski definition) is 0. The summed E-state index contributed by atoms with van der Waals surface area (Å²) in [5.74, 6) is 4.25. The Labute approximate surface area is 113 Å². The molecule has 4 nitrogen and oxygen atoms in total. The molecule has 0 aliphatic heterocycles. The van der Waals surface area contributed by atoms with E-state index < -0.39 is 16.9 Å². The average Bonchev–Trinajstić information content (AvgIpc) is 2.45. The second kappa shape index (κ2) is 5.87. The van der Waals surface area contributed by atoms with Crippen LogP contribution >= 0.6 is 0 Å². The third-order valence-electron chi connectivity index (χ3n) is 2.65. The second-order valence-corrected chi connectivity index (χ2v) is 3.91. The van der Waals surface area contributed by atoms with Gasteiger partial charge in [0, 0.05) is 10.5 Å². The first-order chi connectivity index (χ1) is 9.55. The highest BCUT2D eigenvalue weighted by Crippen LogP contribution is 2.19. The summed E-state index contributed by atoms with van der Waals surface area (Å²) in [5, 5.41) is 11.1. The van der Waals surface area contributed by atoms with Gasteiger partial charge in [-0.25, -0.2) is 0 Å². The van der Waals surface area contributed by atoms with Crippen molar-refractivity contribution in [2.45, 2.75) is 6.04 Å². The number of ether oxygens (including phenoxy) is 1. The molecule has 0 saturated heterocycles. The molecule has 19 heavy (non-hydrogen) atoms. The smallest absolute Gasteiger partial charge is 0.248 e. The van der Waals surface area contributed by atoms with Gasteiger partial charge in [-0.2, -0.15) is 0 Å². The molecule has 0 saturated carbocycles. The zero-order chi connectivity index (χ0) is 14.6. The molecule has 0 aromatic heterocycles. The van der Waals surface area contributed by atoms with Crippen LogP contribution in [0.15, 0.2) is 54.3 Å². The average molecular weight is 256 g/mol. The molecule has 1 aliphatic rings. The van der Waals surface area contributed by atoms with Crippen LogP contribution in [-0.4, -0.2) is 18.1 Å². The van der Waals surface area contributed by atoms with Gasteiger partial charge in [0.15, 0.2) is 0 Å². The Hall–Kier alpha value is -2.54. The molecule has 0 bridgehead atoms. The maximum Gasteiger partial charge on any atom is 0.248 e. The van der Waals surface area contributed by atoms with E-state index in [1.807, 2.05) is 18.2 Å². The largest absolute Gasteiger partial charge is 0.497 e. The Morgan fingerprint density at radius 3 is 2.79 bits per heavy atom. The molecule has 0 heterocycles. The summed E-state index contributed by atoms with van der Waals surface area (Å²) in [6.45, 7) is 0.